The molecular formula is C16H23NO5. The van der Waals surface area contributed by atoms with Gasteiger partial charge in [-0.3, -0.25) is 4.79 Å². The van der Waals surface area contributed by atoms with E-state index in [1.807, 2.05) is 0 Å². The number of methoxy groups -OCH3 is 1. The summed E-state index contributed by atoms with van der Waals surface area (Å²) < 4.78 is 11.0. The second-order valence-electron chi connectivity index (χ2n) is 5.91. The normalized spacial score (nSPS) is 17.2. The fraction of sp³-hybridized carbons (Fsp3) is 0.625. The van der Waals surface area contributed by atoms with Gasteiger partial charge < -0.3 is 19.2 Å². The molecule has 1 aliphatic carbocycles. The Morgan fingerprint density at radius 2 is 2.00 bits per heavy atom. The summed E-state index contributed by atoms with van der Waals surface area (Å²) in [5, 5.41) is 9.04. The predicted molar refractivity (Wildman–Crippen MR) is 79.7 cm³/mol. The molecule has 1 saturated carbocycles. The highest BCUT2D eigenvalue weighted by molar-refractivity contribution is 5.89. The highest BCUT2D eigenvalue weighted by atomic mass is 16.5. The molecule has 0 radical (unpaired) electrons. The Balaban J connectivity index is 2.10. The standard InChI is InChI=1S/C16H23NO5/c1-11-13(14(18)19)9-12(22-11)10-17(2)15(20)16(21-3)7-5-4-6-8-16/h9H,4-8,10H2,1-3H3,(H,18,19). The van der Waals surface area contributed by atoms with E-state index in [0.29, 0.717) is 11.5 Å². The number of aromatic carboxylic acids is 1. The van der Waals surface area contributed by atoms with Crippen LogP contribution in [0.1, 0.15) is 54.0 Å². The average molecular weight is 309 g/mol. The van der Waals surface area contributed by atoms with Crippen molar-refractivity contribution in [1.82, 2.24) is 4.90 Å². The minimum Gasteiger partial charge on any atom is -0.478 e. The van der Waals surface area contributed by atoms with Gasteiger partial charge in [-0.05, 0) is 25.8 Å². The molecule has 0 aliphatic heterocycles. The van der Waals surface area contributed by atoms with Gasteiger partial charge in [-0.1, -0.05) is 19.3 Å². The topological polar surface area (TPSA) is 80.0 Å². The number of rotatable bonds is 5. The highest BCUT2D eigenvalue weighted by Gasteiger charge is 2.41. The first-order valence-corrected chi connectivity index (χ1v) is 7.53. The van der Waals surface area contributed by atoms with Gasteiger partial charge in [0.2, 0.25) is 0 Å². The van der Waals surface area contributed by atoms with E-state index < -0.39 is 11.6 Å². The number of carbonyl (C=O) groups excluding carboxylic acids is 1. The summed E-state index contributed by atoms with van der Waals surface area (Å²) in [5.41, 5.74) is -0.612. The van der Waals surface area contributed by atoms with Gasteiger partial charge in [0.1, 0.15) is 22.7 Å². The average Bonchev–Trinajstić information content (AvgIpc) is 2.87. The molecule has 1 N–H and O–H groups in total. The second kappa shape index (κ2) is 6.52. The highest BCUT2D eigenvalue weighted by Crippen LogP contribution is 2.33. The van der Waals surface area contributed by atoms with Gasteiger partial charge in [-0.2, -0.15) is 0 Å². The largest absolute Gasteiger partial charge is 0.478 e. The van der Waals surface area contributed by atoms with E-state index >= 15 is 0 Å². The van der Waals surface area contributed by atoms with Crippen molar-refractivity contribution in [1.29, 1.82) is 0 Å². The lowest BCUT2D eigenvalue weighted by atomic mass is 9.83. The van der Waals surface area contributed by atoms with E-state index in [0.717, 1.165) is 32.1 Å². The second-order valence-corrected chi connectivity index (χ2v) is 5.91. The first-order valence-electron chi connectivity index (χ1n) is 7.53. The van der Waals surface area contributed by atoms with E-state index in [2.05, 4.69) is 0 Å². The van der Waals surface area contributed by atoms with Crippen LogP contribution in [0.3, 0.4) is 0 Å². The molecule has 1 aromatic rings. The number of furan rings is 1. The van der Waals surface area contributed by atoms with Crippen molar-refractivity contribution in [3.63, 3.8) is 0 Å². The maximum Gasteiger partial charge on any atom is 0.339 e. The SMILES string of the molecule is COC1(C(=O)N(C)Cc2cc(C(=O)O)c(C)o2)CCCCC1. The van der Waals surface area contributed by atoms with Gasteiger partial charge in [0.15, 0.2) is 0 Å². The maximum atomic E-state index is 12.7. The molecule has 1 aromatic heterocycles. The number of hydrogen-bond donors (Lipinski definition) is 1. The van der Waals surface area contributed by atoms with Crippen LogP contribution in [0.2, 0.25) is 0 Å². The number of carboxylic acid groups (broad SMARTS) is 1. The van der Waals surface area contributed by atoms with Gasteiger partial charge in [-0.25, -0.2) is 4.79 Å². The lowest BCUT2D eigenvalue weighted by Gasteiger charge is -2.37. The van der Waals surface area contributed by atoms with Crippen LogP contribution >= 0.6 is 0 Å². The van der Waals surface area contributed by atoms with Crippen LogP contribution in [0.15, 0.2) is 10.5 Å². The Labute approximate surface area is 130 Å². The van der Waals surface area contributed by atoms with E-state index in [1.54, 1.807) is 26.0 Å². The summed E-state index contributed by atoms with van der Waals surface area (Å²) in [6.45, 7) is 1.84. The van der Waals surface area contributed by atoms with Gasteiger partial charge in [0.05, 0.1) is 6.54 Å². The first-order chi connectivity index (χ1) is 10.4. The van der Waals surface area contributed by atoms with Crippen LogP contribution < -0.4 is 0 Å². The lowest BCUT2D eigenvalue weighted by molar-refractivity contribution is -0.158. The number of nitrogens with zero attached hydrogens (tertiary/aromatic N) is 1. The molecule has 1 heterocycles. The number of ether oxygens (including phenoxy) is 1. The Hall–Kier alpha value is -1.82. The Morgan fingerprint density at radius 1 is 1.36 bits per heavy atom. The Morgan fingerprint density at radius 3 is 2.50 bits per heavy atom. The predicted octanol–water partition coefficient (Wildman–Crippen LogP) is 2.59. The van der Waals surface area contributed by atoms with Crippen LogP contribution in [0.5, 0.6) is 0 Å². The lowest BCUT2D eigenvalue weighted by Crippen LogP contribution is -2.49. The number of aryl methyl sites for hydroxylation is 1. The molecule has 0 atom stereocenters. The molecule has 0 unspecified atom stereocenters. The fourth-order valence-electron chi connectivity index (χ4n) is 3.12. The number of likely N-dealkylation sites (N-methyl/N-ethyl adjacent to an activating group) is 1. The van der Waals surface area contributed by atoms with Crippen molar-refractivity contribution in [3.8, 4) is 0 Å². The molecule has 0 bridgehead atoms. The third-order valence-electron chi connectivity index (χ3n) is 4.38. The Bertz CT molecular complexity index is 557. The number of hydrogen-bond acceptors (Lipinski definition) is 4. The van der Waals surface area contributed by atoms with Crippen molar-refractivity contribution in [2.24, 2.45) is 0 Å². The van der Waals surface area contributed by atoms with Crippen LogP contribution in [0.4, 0.5) is 0 Å². The van der Waals surface area contributed by atoms with Crippen LogP contribution in [-0.2, 0) is 16.1 Å². The van der Waals surface area contributed by atoms with Crippen molar-refractivity contribution in [3.05, 3.63) is 23.2 Å². The van der Waals surface area contributed by atoms with Crippen molar-refractivity contribution in [2.45, 2.75) is 51.2 Å². The molecule has 6 nitrogen and oxygen atoms in total. The summed E-state index contributed by atoms with van der Waals surface area (Å²) in [6, 6.07) is 1.47. The van der Waals surface area contributed by atoms with E-state index in [-0.39, 0.29) is 18.0 Å². The molecule has 0 spiro atoms. The molecule has 1 fully saturated rings. The first kappa shape index (κ1) is 16.5. The van der Waals surface area contributed by atoms with Gasteiger partial charge >= 0.3 is 5.97 Å². The van der Waals surface area contributed by atoms with E-state index in [9.17, 15) is 9.59 Å². The molecule has 0 aromatic carbocycles. The van der Waals surface area contributed by atoms with Crippen molar-refractivity contribution >= 4 is 11.9 Å². The van der Waals surface area contributed by atoms with Crippen molar-refractivity contribution < 1.29 is 23.8 Å². The molecule has 22 heavy (non-hydrogen) atoms. The zero-order valence-electron chi connectivity index (χ0n) is 13.3. The van der Waals surface area contributed by atoms with Gasteiger partial charge in [-0.15, -0.1) is 0 Å². The Kier molecular flexibility index (Phi) is 4.90. The van der Waals surface area contributed by atoms with Crippen LogP contribution in [0.25, 0.3) is 0 Å². The zero-order chi connectivity index (χ0) is 16.3. The summed E-state index contributed by atoms with van der Waals surface area (Å²) >= 11 is 0. The number of carbonyl (C=O) groups is 2. The maximum absolute atomic E-state index is 12.7. The monoisotopic (exact) mass is 309 g/mol. The van der Waals surface area contributed by atoms with Crippen LogP contribution in [-0.4, -0.2) is 41.6 Å². The summed E-state index contributed by atoms with van der Waals surface area (Å²) in [4.78, 5) is 25.3. The molecule has 1 aliphatic rings. The third kappa shape index (κ3) is 3.16. The van der Waals surface area contributed by atoms with Gasteiger partial charge in [0.25, 0.3) is 5.91 Å². The third-order valence-corrected chi connectivity index (χ3v) is 4.38. The number of carboxylic acids is 1. The summed E-state index contributed by atoms with van der Waals surface area (Å²) in [6.07, 6.45) is 4.54. The minimum absolute atomic E-state index is 0.0689. The fourth-order valence-corrected chi connectivity index (χ4v) is 3.12. The van der Waals surface area contributed by atoms with Gasteiger partial charge in [0, 0.05) is 14.2 Å². The van der Waals surface area contributed by atoms with Crippen LogP contribution in [0, 0.1) is 6.92 Å². The number of amides is 1. The molecule has 1 amide bonds. The molecule has 122 valence electrons. The molecular weight excluding hydrogens is 286 g/mol. The zero-order valence-corrected chi connectivity index (χ0v) is 13.3. The smallest absolute Gasteiger partial charge is 0.339 e. The molecule has 0 saturated heterocycles. The minimum atomic E-state index is -1.03. The van der Waals surface area contributed by atoms with E-state index in [1.165, 1.54) is 6.07 Å². The quantitative estimate of drug-likeness (QED) is 0.904. The summed E-state index contributed by atoms with van der Waals surface area (Å²) in [5.74, 6) is -0.280. The summed E-state index contributed by atoms with van der Waals surface area (Å²) in [7, 11) is 3.27. The molecule has 6 heteroatoms. The molecule has 2 rings (SSSR count). The van der Waals surface area contributed by atoms with E-state index in [4.69, 9.17) is 14.3 Å². The van der Waals surface area contributed by atoms with Crippen molar-refractivity contribution in [2.75, 3.05) is 14.2 Å².